The smallest absolute Gasteiger partial charge is 0.331 e. The fourth-order valence-corrected chi connectivity index (χ4v) is 5.98. The maximum Gasteiger partial charge on any atom is 0.331 e. The van der Waals surface area contributed by atoms with E-state index in [1.165, 1.54) is 6.08 Å². The quantitative estimate of drug-likeness (QED) is 0.323. The van der Waals surface area contributed by atoms with E-state index in [2.05, 4.69) is 4.98 Å². The number of ether oxygens (including phenoxy) is 1. The fraction of sp³-hybridized carbons (Fsp3) is 0.292. The van der Waals surface area contributed by atoms with Gasteiger partial charge in [-0.15, -0.1) is 0 Å². The molecular weight excluding hydrogens is 428 g/mol. The molecule has 0 radical (unpaired) electrons. The van der Waals surface area contributed by atoms with Gasteiger partial charge in [0.05, 0.1) is 17.0 Å². The third kappa shape index (κ3) is 4.50. The minimum absolute atomic E-state index is 0.0831. The Bertz CT molecular complexity index is 1330. The summed E-state index contributed by atoms with van der Waals surface area (Å²) >= 11 is 0. The molecule has 1 aliphatic heterocycles. The topological polar surface area (TPSA) is 95.3 Å². The Hall–Kier alpha value is -3.26. The average molecular weight is 453 g/mol. The van der Waals surface area contributed by atoms with Gasteiger partial charge in [0, 0.05) is 46.2 Å². The number of hydrogen-bond donors (Lipinski definition) is 0. The van der Waals surface area contributed by atoms with E-state index < -0.39 is 15.8 Å². The van der Waals surface area contributed by atoms with Crippen LogP contribution in [0.1, 0.15) is 39.8 Å². The number of pyridine rings is 1. The van der Waals surface area contributed by atoms with Crippen LogP contribution in [0.5, 0.6) is 0 Å². The molecule has 0 N–H and O–H groups in total. The second-order valence-corrected chi connectivity index (χ2v) is 10.2. The SMILES string of the molecule is Cc1cc(C(=O)COC(=O)/C=C/c2cccc3cccnc23)c(C)n1C1CCS(=O)(=O)C1. The van der Waals surface area contributed by atoms with Crippen LogP contribution in [-0.4, -0.2) is 47.8 Å². The summed E-state index contributed by atoms with van der Waals surface area (Å²) in [6, 6.07) is 11.0. The van der Waals surface area contributed by atoms with Crippen LogP contribution in [0.25, 0.3) is 17.0 Å². The summed E-state index contributed by atoms with van der Waals surface area (Å²) in [7, 11) is -3.04. The van der Waals surface area contributed by atoms with E-state index in [1.807, 2.05) is 41.8 Å². The van der Waals surface area contributed by atoms with Crippen LogP contribution in [0.4, 0.5) is 0 Å². The Kier molecular flexibility index (Phi) is 5.97. The number of nitrogens with zero attached hydrogens (tertiary/aromatic N) is 2. The van der Waals surface area contributed by atoms with Crippen LogP contribution < -0.4 is 0 Å². The molecule has 2 aromatic heterocycles. The number of aryl methyl sites for hydroxylation is 1. The molecule has 7 nitrogen and oxygen atoms in total. The van der Waals surface area contributed by atoms with E-state index >= 15 is 0 Å². The molecule has 4 rings (SSSR count). The molecule has 1 atom stereocenters. The lowest BCUT2D eigenvalue weighted by Gasteiger charge is -2.16. The summed E-state index contributed by atoms with van der Waals surface area (Å²) in [5, 5.41) is 0.962. The Balaban J connectivity index is 1.42. The van der Waals surface area contributed by atoms with Crippen molar-refractivity contribution in [1.82, 2.24) is 9.55 Å². The Morgan fingerprint density at radius 1 is 1.22 bits per heavy atom. The molecule has 1 fully saturated rings. The third-order valence-electron chi connectivity index (χ3n) is 5.77. The molecule has 0 aliphatic carbocycles. The van der Waals surface area contributed by atoms with Crippen molar-refractivity contribution in [3.8, 4) is 0 Å². The van der Waals surface area contributed by atoms with Gasteiger partial charge in [-0.2, -0.15) is 0 Å². The van der Waals surface area contributed by atoms with E-state index in [9.17, 15) is 18.0 Å². The van der Waals surface area contributed by atoms with Gasteiger partial charge in [-0.05, 0) is 38.5 Å². The Morgan fingerprint density at radius 2 is 2.00 bits per heavy atom. The summed E-state index contributed by atoms with van der Waals surface area (Å²) in [5.41, 5.74) is 3.52. The first-order valence-corrected chi connectivity index (χ1v) is 12.2. The van der Waals surface area contributed by atoms with E-state index in [-0.39, 0.29) is 29.9 Å². The van der Waals surface area contributed by atoms with Crippen LogP contribution in [0, 0.1) is 13.8 Å². The molecule has 1 aliphatic rings. The molecule has 1 unspecified atom stereocenters. The molecule has 8 heteroatoms. The zero-order valence-corrected chi connectivity index (χ0v) is 18.8. The Morgan fingerprint density at radius 3 is 2.75 bits per heavy atom. The van der Waals surface area contributed by atoms with Crippen molar-refractivity contribution in [1.29, 1.82) is 0 Å². The van der Waals surface area contributed by atoms with Crippen LogP contribution in [-0.2, 0) is 19.4 Å². The van der Waals surface area contributed by atoms with Gasteiger partial charge in [0.15, 0.2) is 16.4 Å². The number of fused-ring (bicyclic) bond motifs is 1. The molecule has 3 heterocycles. The van der Waals surface area contributed by atoms with Gasteiger partial charge in [-0.25, -0.2) is 13.2 Å². The highest BCUT2D eigenvalue weighted by atomic mass is 32.2. The number of Topliss-reactive ketones (excluding diaryl/α,β-unsaturated/α-hetero) is 1. The van der Waals surface area contributed by atoms with E-state index in [4.69, 9.17) is 4.74 Å². The van der Waals surface area contributed by atoms with E-state index in [1.54, 1.807) is 25.3 Å². The van der Waals surface area contributed by atoms with Gasteiger partial charge in [0.1, 0.15) is 0 Å². The highest BCUT2D eigenvalue weighted by Gasteiger charge is 2.31. The van der Waals surface area contributed by atoms with Crippen molar-refractivity contribution in [2.24, 2.45) is 0 Å². The maximum atomic E-state index is 12.7. The molecule has 32 heavy (non-hydrogen) atoms. The third-order valence-corrected chi connectivity index (χ3v) is 7.52. The van der Waals surface area contributed by atoms with Gasteiger partial charge in [-0.3, -0.25) is 9.78 Å². The number of carbonyl (C=O) groups excluding carboxylic acids is 2. The standard InChI is InChI=1S/C24H24N2O5S/c1-16-13-21(17(2)26(16)20-10-12-32(29,30)15-20)22(27)14-31-23(28)9-8-19-6-3-5-18-7-4-11-25-24(18)19/h3-9,11,13,20H,10,12,14-15H2,1-2H3/b9-8+. The zero-order chi connectivity index (χ0) is 22.9. The van der Waals surface area contributed by atoms with Gasteiger partial charge >= 0.3 is 5.97 Å². The lowest BCUT2D eigenvalue weighted by molar-refractivity contribution is -0.136. The average Bonchev–Trinajstić information content (AvgIpc) is 3.27. The first-order valence-electron chi connectivity index (χ1n) is 10.4. The van der Waals surface area contributed by atoms with E-state index in [0.29, 0.717) is 17.7 Å². The molecule has 3 aromatic rings. The maximum absolute atomic E-state index is 12.7. The number of esters is 1. The lowest BCUT2D eigenvalue weighted by atomic mass is 10.1. The largest absolute Gasteiger partial charge is 0.454 e. The van der Waals surface area contributed by atoms with Crippen molar-refractivity contribution >= 4 is 38.6 Å². The van der Waals surface area contributed by atoms with Crippen molar-refractivity contribution in [2.75, 3.05) is 18.1 Å². The predicted octanol–water partition coefficient (Wildman–Crippen LogP) is 3.45. The molecule has 0 saturated carbocycles. The van der Waals surface area contributed by atoms with Gasteiger partial charge in [0.25, 0.3) is 0 Å². The van der Waals surface area contributed by atoms with E-state index in [0.717, 1.165) is 22.2 Å². The molecule has 1 saturated heterocycles. The number of hydrogen-bond acceptors (Lipinski definition) is 6. The number of ketones is 1. The minimum Gasteiger partial charge on any atom is -0.454 e. The summed E-state index contributed by atoms with van der Waals surface area (Å²) in [4.78, 5) is 29.2. The molecule has 1 aromatic carbocycles. The predicted molar refractivity (Wildman–Crippen MR) is 122 cm³/mol. The number of rotatable bonds is 6. The van der Waals surface area contributed by atoms with Gasteiger partial charge in [0.2, 0.25) is 5.78 Å². The number of para-hydroxylation sites is 1. The number of sulfone groups is 1. The number of carbonyl (C=O) groups is 2. The summed E-state index contributed by atoms with van der Waals surface area (Å²) in [6.07, 6.45) is 5.13. The van der Waals surface area contributed by atoms with Crippen LogP contribution >= 0.6 is 0 Å². The van der Waals surface area contributed by atoms with Crippen molar-refractivity contribution in [3.63, 3.8) is 0 Å². The van der Waals surface area contributed by atoms with Crippen molar-refractivity contribution < 1.29 is 22.7 Å². The van der Waals surface area contributed by atoms with Crippen LogP contribution in [0.3, 0.4) is 0 Å². The first-order chi connectivity index (χ1) is 15.2. The zero-order valence-electron chi connectivity index (χ0n) is 17.9. The highest BCUT2D eigenvalue weighted by molar-refractivity contribution is 7.91. The fourth-order valence-electron chi connectivity index (χ4n) is 4.28. The van der Waals surface area contributed by atoms with Crippen molar-refractivity contribution in [2.45, 2.75) is 26.3 Å². The molecular formula is C24H24N2O5S. The van der Waals surface area contributed by atoms with Gasteiger partial charge in [-0.1, -0.05) is 24.3 Å². The lowest BCUT2D eigenvalue weighted by Crippen LogP contribution is -2.16. The number of aromatic nitrogens is 2. The second-order valence-electron chi connectivity index (χ2n) is 8.00. The number of benzene rings is 1. The van der Waals surface area contributed by atoms with Crippen molar-refractivity contribution in [3.05, 3.63) is 71.2 Å². The second kappa shape index (κ2) is 8.70. The first kappa shape index (κ1) is 22.0. The van der Waals surface area contributed by atoms with Gasteiger partial charge < -0.3 is 9.30 Å². The van der Waals surface area contributed by atoms with Crippen LogP contribution in [0.2, 0.25) is 0 Å². The summed E-state index contributed by atoms with van der Waals surface area (Å²) in [6.45, 7) is 3.26. The summed E-state index contributed by atoms with van der Waals surface area (Å²) < 4.78 is 30.8. The normalized spacial score (nSPS) is 17.8. The molecule has 166 valence electrons. The molecule has 0 amide bonds. The van der Waals surface area contributed by atoms with Crippen LogP contribution in [0.15, 0.2) is 48.7 Å². The Labute approximate surface area is 186 Å². The minimum atomic E-state index is -3.04. The molecule has 0 spiro atoms. The molecule has 0 bridgehead atoms. The summed E-state index contributed by atoms with van der Waals surface area (Å²) in [5.74, 6) is -0.700. The highest BCUT2D eigenvalue weighted by Crippen LogP contribution is 2.29. The monoisotopic (exact) mass is 452 g/mol.